The standard InChI is InChI=1S/C28H32BrFN2O2/c1-2-33-27-17-23(16-26(29)28(27)34-20-22-8-10-24(30)11-9-22)18-31-25-12-14-32(15-13-25)19-21-6-4-3-5-7-21/h3-11,16-17,25,31H,2,12-15,18-20H2,1H3. The minimum Gasteiger partial charge on any atom is -0.490 e. The molecule has 4 rings (SSSR count). The average Bonchev–Trinajstić information content (AvgIpc) is 2.85. The van der Waals surface area contributed by atoms with Gasteiger partial charge in [0.25, 0.3) is 0 Å². The second-order valence-electron chi connectivity index (χ2n) is 8.67. The van der Waals surface area contributed by atoms with E-state index in [1.165, 1.54) is 17.7 Å². The first-order valence-electron chi connectivity index (χ1n) is 11.9. The van der Waals surface area contributed by atoms with Crippen LogP contribution in [0, 0.1) is 5.82 Å². The van der Waals surface area contributed by atoms with Crippen LogP contribution in [0.25, 0.3) is 0 Å². The molecule has 1 fully saturated rings. The van der Waals surface area contributed by atoms with Gasteiger partial charge in [-0.3, -0.25) is 4.90 Å². The molecule has 0 aromatic heterocycles. The van der Waals surface area contributed by atoms with Gasteiger partial charge >= 0.3 is 0 Å². The van der Waals surface area contributed by atoms with E-state index in [0.29, 0.717) is 30.8 Å². The van der Waals surface area contributed by atoms with E-state index in [0.717, 1.165) is 54.6 Å². The lowest BCUT2D eigenvalue weighted by molar-refractivity contribution is 0.190. The summed E-state index contributed by atoms with van der Waals surface area (Å²) < 4.78 is 25.9. The predicted octanol–water partition coefficient (Wildman–Crippen LogP) is 6.32. The second kappa shape index (κ2) is 12.3. The van der Waals surface area contributed by atoms with Crippen molar-refractivity contribution in [2.24, 2.45) is 0 Å². The number of nitrogens with one attached hydrogen (secondary N) is 1. The molecule has 0 spiro atoms. The van der Waals surface area contributed by atoms with Crippen LogP contribution in [0.1, 0.15) is 36.5 Å². The van der Waals surface area contributed by atoms with Crippen molar-refractivity contribution in [3.63, 3.8) is 0 Å². The molecule has 6 heteroatoms. The van der Waals surface area contributed by atoms with Gasteiger partial charge in [-0.2, -0.15) is 0 Å². The van der Waals surface area contributed by atoms with Crippen LogP contribution in [0.5, 0.6) is 11.5 Å². The molecular weight excluding hydrogens is 495 g/mol. The molecule has 0 radical (unpaired) electrons. The zero-order chi connectivity index (χ0) is 23.8. The number of hydrogen-bond acceptors (Lipinski definition) is 4. The molecule has 1 saturated heterocycles. The number of nitrogens with zero attached hydrogens (tertiary/aromatic N) is 1. The second-order valence-corrected chi connectivity index (χ2v) is 9.52. The van der Waals surface area contributed by atoms with E-state index in [2.05, 4.69) is 62.5 Å². The highest BCUT2D eigenvalue weighted by Crippen LogP contribution is 2.37. The molecule has 0 unspecified atom stereocenters. The highest BCUT2D eigenvalue weighted by atomic mass is 79.9. The lowest BCUT2D eigenvalue weighted by Crippen LogP contribution is -2.41. The van der Waals surface area contributed by atoms with E-state index < -0.39 is 0 Å². The monoisotopic (exact) mass is 526 g/mol. The fourth-order valence-electron chi connectivity index (χ4n) is 4.26. The maximum Gasteiger partial charge on any atom is 0.175 e. The Balaban J connectivity index is 1.31. The molecule has 4 nitrogen and oxygen atoms in total. The van der Waals surface area contributed by atoms with Crippen molar-refractivity contribution in [1.29, 1.82) is 0 Å². The van der Waals surface area contributed by atoms with Gasteiger partial charge in [0.1, 0.15) is 12.4 Å². The lowest BCUT2D eigenvalue weighted by atomic mass is 10.0. The maximum atomic E-state index is 13.2. The van der Waals surface area contributed by atoms with Crippen molar-refractivity contribution in [2.45, 2.75) is 45.5 Å². The molecular formula is C28H32BrFN2O2. The quantitative estimate of drug-likeness (QED) is 0.335. The number of hydrogen-bond donors (Lipinski definition) is 1. The normalized spacial score (nSPS) is 14.8. The Morgan fingerprint density at radius 1 is 0.941 bits per heavy atom. The van der Waals surface area contributed by atoms with Crippen LogP contribution in [0.15, 0.2) is 71.2 Å². The van der Waals surface area contributed by atoms with Gasteiger partial charge in [-0.05, 0) is 89.7 Å². The Morgan fingerprint density at radius 3 is 2.38 bits per heavy atom. The van der Waals surface area contributed by atoms with Gasteiger partial charge < -0.3 is 14.8 Å². The number of likely N-dealkylation sites (tertiary alicyclic amines) is 1. The fourth-order valence-corrected chi connectivity index (χ4v) is 4.87. The molecule has 0 amide bonds. The number of benzene rings is 3. The van der Waals surface area contributed by atoms with Crippen LogP contribution in [0.2, 0.25) is 0 Å². The molecule has 0 bridgehead atoms. The SMILES string of the molecule is CCOc1cc(CNC2CCN(Cc3ccccc3)CC2)cc(Br)c1OCc1ccc(F)cc1. The summed E-state index contributed by atoms with van der Waals surface area (Å²) >= 11 is 3.66. The smallest absolute Gasteiger partial charge is 0.175 e. The first-order valence-corrected chi connectivity index (χ1v) is 12.7. The van der Waals surface area contributed by atoms with Crippen LogP contribution in [-0.4, -0.2) is 30.6 Å². The maximum absolute atomic E-state index is 13.2. The number of piperidine rings is 1. The van der Waals surface area contributed by atoms with Crippen molar-refractivity contribution >= 4 is 15.9 Å². The van der Waals surface area contributed by atoms with Crippen LogP contribution in [0.4, 0.5) is 4.39 Å². The molecule has 0 saturated carbocycles. The fraction of sp³-hybridized carbons (Fsp3) is 0.357. The van der Waals surface area contributed by atoms with Crippen molar-refractivity contribution in [3.8, 4) is 11.5 Å². The van der Waals surface area contributed by atoms with Gasteiger partial charge in [0.15, 0.2) is 11.5 Å². The van der Waals surface area contributed by atoms with Crippen molar-refractivity contribution in [1.82, 2.24) is 10.2 Å². The zero-order valence-electron chi connectivity index (χ0n) is 19.6. The Morgan fingerprint density at radius 2 is 1.68 bits per heavy atom. The Bertz CT molecular complexity index is 1040. The summed E-state index contributed by atoms with van der Waals surface area (Å²) in [5, 5.41) is 3.72. The van der Waals surface area contributed by atoms with E-state index in [1.54, 1.807) is 12.1 Å². The minimum absolute atomic E-state index is 0.251. The molecule has 180 valence electrons. The van der Waals surface area contributed by atoms with Gasteiger partial charge in [-0.25, -0.2) is 4.39 Å². The summed E-state index contributed by atoms with van der Waals surface area (Å²) in [4.78, 5) is 2.53. The topological polar surface area (TPSA) is 33.7 Å². The van der Waals surface area contributed by atoms with Gasteiger partial charge in [0.2, 0.25) is 0 Å². The van der Waals surface area contributed by atoms with Crippen LogP contribution in [-0.2, 0) is 19.7 Å². The van der Waals surface area contributed by atoms with Gasteiger partial charge in [-0.15, -0.1) is 0 Å². The summed E-state index contributed by atoms with van der Waals surface area (Å²) in [5.74, 6) is 1.14. The molecule has 0 atom stereocenters. The van der Waals surface area contributed by atoms with Gasteiger partial charge in [0.05, 0.1) is 11.1 Å². The Hall–Kier alpha value is -2.41. The molecule has 1 aliphatic heterocycles. The molecule has 3 aromatic rings. The Kier molecular flexibility index (Phi) is 8.97. The van der Waals surface area contributed by atoms with E-state index in [-0.39, 0.29) is 5.82 Å². The summed E-state index contributed by atoms with van der Waals surface area (Å²) in [6.07, 6.45) is 2.29. The molecule has 0 aliphatic carbocycles. The first-order chi connectivity index (χ1) is 16.6. The van der Waals surface area contributed by atoms with E-state index in [9.17, 15) is 4.39 Å². The van der Waals surface area contributed by atoms with E-state index in [4.69, 9.17) is 9.47 Å². The average molecular weight is 527 g/mol. The minimum atomic E-state index is -0.251. The third-order valence-electron chi connectivity index (χ3n) is 6.10. The first kappa shape index (κ1) is 24.7. The third kappa shape index (κ3) is 7.05. The van der Waals surface area contributed by atoms with E-state index in [1.807, 2.05) is 13.0 Å². The summed E-state index contributed by atoms with van der Waals surface area (Å²) in [6.45, 7) is 6.88. The van der Waals surface area contributed by atoms with E-state index >= 15 is 0 Å². The summed E-state index contributed by atoms with van der Waals surface area (Å²) in [6, 6.07) is 21.7. The predicted molar refractivity (Wildman–Crippen MR) is 138 cm³/mol. The van der Waals surface area contributed by atoms with Crippen LogP contribution < -0.4 is 14.8 Å². The highest BCUT2D eigenvalue weighted by molar-refractivity contribution is 9.10. The number of halogens is 2. The number of rotatable bonds is 10. The largest absolute Gasteiger partial charge is 0.490 e. The molecule has 1 aliphatic rings. The highest BCUT2D eigenvalue weighted by Gasteiger charge is 2.19. The van der Waals surface area contributed by atoms with Crippen molar-refractivity contribution in [2.75, 3.05) is 19.7 Å². The lowest BCUT2D eigenvalue weighted by Gasteiger charge is -2.32. The van der Waals surface area contributed by atoms with Gasteiger partial charge in [0, 0.05) is 19.1 Å². The molecule has 1 heterocycles. The Labute approximate surface area is 210 Å². The summed E-state index contributed by atoms with van der Waals surface area (Å²) in [7, 11) is 0. The van der Waals surface area contributed by atoms with Gasteiger partial charge in [-0.1, -0.05) is 42.5 Å². The van der Waals surface area contributed by atoms with Crippen LogP contribution >= 0.6 is 15.9 Å². The third-order valence-corrected chi connectivity index (χ3v) is 6.69. The molecule has 34 heavy (non-hydrogen) atoms. The molecule has 3 aromatic carbocycles. The summed E-state index contributed by atoms with van der Waals surface area (Å²) in [5.41, 5.74) is 3.43. The van der Waals surface area contributed by atoms with Crippen molar-refractivity contribution < 1.29 is 13.9 Å². The number of ether oxygens (including phenoxy) is 2. The zero-order valence-corrected chi connectivity index (χ0v) is 21.2. The molecule has 1 N–H and O–H groups in total. The van der Waals surface area contributed by atoms with Crippen molar-refractivity contribution in [3.05, 3.63) is 93.7 Å². The van der Waals surface area contributed by atoms with Crippen LogP contribution in [0.3, 0.4) is 0 Å².